The highest BCUT2D eigenvalue weighted by molar-refractivity contribution is 4.95. The van der Waals surface area contributed by atoms with Crippen molar-refractivity contribution in [1.29, 1.82) is 0 Å². The number of aliphatic hydroxyl groups is 1. The average molecular weight is 195 g/mol. The molecule has 0 saturated carbocycles. The van der Waals surface area contributed by atoms with Crippen LogP contribution in [0, 0.1) is 11.8 Å². The Balaban J connectivity index is 1.73. The quantitative estimate of drug-likeness (QED) is 0.692. The van der Waals surface area contributed by atoms with E-state index in [9.17, 15) is 5.11 Å². The van der Waals surface area contributed by atoms with Crippen LogP contribution < -0.4 is 0 Å². The number of likely N-dealkylation sites (tertiary alicyclic amines) is 1. The van der Waals surface area contributed by atoms with Crippen LogP contribution in [0.1, 0.15) is 26.2 Å². The van der Waals surface area contributed by atoms with Crippen molar-refractivity contribution in [3.8, 4) is 0 Å². The standard InChI is InChI=1S/C12H21NO/c1-10(14)12-6-7-13(9-12)8-11-4-2-3-5-11/h2-3,10-12,14H,4-9H2,1H3. The lowest BCUT2D eigenvalue weighted by Crippen LogP contribution is -2.28. The maximum Gasteiger partial charge on any atom is 0.0552 e. The normalized spacial score (nSPS) is 31.4. The van der Waals surface area contributed by atoms with Gasteiger partial charge < -0.3 is 10.0 Å². The van der Waals surface area contributed by atoms with Gasteiger partial charge >= 0.3 is 0 Å². The molecule has 1 aliphatic carbocycles. The molecule has 0 radical (unpaired) electrons. The fraction of sp³-hybridized carbons (Fsp3) is 0.833. The summed E-state index contributed by atoms with van der Waals surface area (Å²) in [5.74, 6) is 1.37. The second-order valence-corrected chi connectivity index (χ2v) is 4.86. The van der Waals surface area contributed by atoms with E-state index in [1.165, 1.54) is 32.4 Å². The molecule has 0 aromatic heterocycles. The third kappa shape index (κ3) is 2.37. The second kappa shape index (κ2) is 4.45. The molecule has 0 aromatic rings. The Hall–Kier alpha value is -0.340. The Morgan fingerprint density at radius 2 is 2.14 bits per heavy atom. The summed E-state index contributed by atoms with van der Waals surface area (Å²) in [6, 6.07) is 0. The van der Waals surface area contributed by atoms with Crippen LogP contribution in [-0.4, -0.2) is 35.7 Å². The molecule has 80 valence electrons. The lowest BCUT2D eigenvalue weighted by Gasteiger charge is -2.20. The van der Waals surface area contributed by atoms with E-state index >= 15 is 0 Å². The molecule has 2 unspecified atom stereocenters. The van der Waals surface area contributed by atoms with Crippen molar-refractivity contribution in [1.82, 2.24) is 4.90 Å². The molecule has 1 aliphatic heterocycles. The second-order valence-electron chi connectivity index (χ2n) is 4.86. The van der Waals surface area contributed by atoms with Crippen LogP contribution in [0.5, 0.6) is 0 Å². The van der Waals surface area contributed by atoms with Crippen LogP contribution in [0.25, 0.3) is 0 Å². The van der Waals surface area contributed by atoms with E-state index in [1.807, 2.05) is 6.92 Å². The molecule has 0 amide bonds. The van der Waals surface area contributed by atoms with Crippen LogP contribution in [0.15, 0.2) is 12.2 Å². The summed E-state index contributed by atoms with van der Waals surface area (Å²) in [4.78, 5) is 2.52. The summed E-state index contributed by atoms with van der Waals surface area (Å²) in [6.07, 6.45) is 8.17. The van der Waals surface area contributed by atoms with Gasteiger partial charge in [-0.25, -0.2) is 0 Å². The van der Waals surface area contributed by atoms with Gasteiger partial charge in [0.25, 0.3) is 0 Å². The third-order valence-corrected chi connectivity index (χ3v) is 3.61. The van der Waals surface area contributed by atoms with Gasteiger partial charge in [-0.3, -0.25) is 0 Å². The SMILES string of the molecule is CC(O)C1CCN(CC2CC=CC2)C1. The molecule has 0 spiro atoms. The fourth-order valence-electron chi connectivity index (χ4n) is 2.61. The van der Waals surface area contributed by atoms with Gasteiger partial charge in [0.2, 0.25) is 0 Å². The molecule has 1 heterocycles. The maximum atomic E-state index is 9.49. The van der Waals surface area contributed by atoms with Crippen LogP contribution in [-0.2, 0) is 0 Å². The highest BCUT2D eigenvalue weighted by Gasteiger charge is 2.27. The van der Waals surface area contributed by atoms with Gasteiger partial charge in [-0.15, -0.1) is 0 Å². The van der Waals surface area contributed by atoms with Crippen molar-refractivity contribution < 1.29 is 5.11 Å². The van der Waals surface area contributed by atoms with Gasteiger partial charge in [0.1, 0.15) is 0 Å². The Morgan fingerprint density at radius 3 is 2.71 bits per heavy atom. The molecule has 1 saturated heterocycles. The number of nitrogens with zero attached hydrogens (tertiary/aromatic N) is 1. The Bertz CT molecular complexity index is 204. The van der Waals surface area contributed by atoms with Gasteiger partial charge in [-0.05, 0) is 44.6 Å². The van der Waals surface area contributed by atoms with E-state index < -0.39 is 0 Å². The van der Waals surface area contributed by atoms with Crippen molar-refractivity contribution >= 4 is 0 Å². The number of hydrogen-bond acceptors (Lipinski definition) is 2. The van der Waals surface area contributed by atoms with Crippen molar-refractivity contribution in [3.63, 3.8) is 0 Å². The zero-order valence-corrected chi connectivity index (χ0v) is 9.02. The van der Waals surface area contributed by atoms with E-state index in [0.29, 0.717) is 5.92 Å². The molecule has 0 bridgehead atoms. The molecule has 2 heteroatoms. The van der Waals surface area contributed by atoms with Crippen LogP contribution in [0.3, 0.4) is 0 Å². The van der Waals surface area contributed by atoms with Gasteiger partial charge in [-0.1, -0.05) is 12.2 Å². The summed E-state index contributed by atoms with van der Waals surface area (Å²) in [6.45, 7) is 5.45. The fourth-order valence-corrected chi connectivity index (χ4v) is 2.61. The lowest BCUT2D eigenvalue weighted by molar-refractivity contribution is 0.126. The number of rotatable bonds is 3. The van der Waals surface area contributed by atoms with Gasteiger partial charge in [0, 0.05) is 13.1 Å². The minimum absolute atomic E-state index is 0.123. The van der Waals surface area contributed by atoms with Crippen molar-refractivity contribution in [2.45, 2.75) is 32.3 Å². The first-order valence-corrected chi connectivity index (χ1v) is 5.81. The first-order valence-electron chi connectivity index (χ1n) is 5.81. The smallest absolute Gasteiger partial charge is 0.0552 e. The predicted molar refractivity (Wildman–Crippen MR) is 58.1 cm³/mol. The Kier molecular flexibility index (Phi) is 3.24. The van der Waals surface area contributed by atoms with E-state index in [-0.39, 0.29) is 6.10 Å². The summed E-state index contributed by atoms with van der Waals surface area (Å²) >= 11 is 0. The molecule has 1 N–H and O–H groups in total. The predicted octanol–water partition coefficient (Wildman–Crippen LogP) is 1.66. The topological polar surface area (TPSA) is 23.5 Å². The molecule has 2 atom stereocenters. The minimum Gasteiger partial charge on any atom is -0.393 e. The van der Waals surface area contributed by atoms with Gasteiger partial charge in [0.15, 0.2) is 0 Å². The van der Waals surface area contributed by atoms with E-state index in [0.717, 1.165) is 12.5 Å². The van der Waals surface area contributed by atoms with E-state index in [2.05, 4.69) is 17.1 Å². The highest BCUT2D eigenvalue weighted by Crippen LogP contribution is 2.24. The maximum absolute atomic E-state index is 9.49. The largest absolute Gasteiger partial charge is 0.393 e. The summed E-state index contributed by atoms with van der Waals surface area (Å²) in [7, 11) is 0. The summed E-state index contributed by atoms with van der Waals surface area (Å²) in [5.41, 5.74) is 0. The van der Waals surface area contributed by atoms with E-state index in [4.69, 9.17) is 0 Å². The molecular formula is C12H21NO. The molecular weight excluding hydrogens is 174 g/mol. The summed E-state index contributed by atoms with van der Waals surface area (Å²) < 4.78 is 0. The Morgan fingerprint density at radius 1 is 1.43 bits per heavy atom. The molecule has 1 fully saturated rings. The molecule has 2 nitrogen and oxygen atoms in total. The van der Waals surface area contributed by atoms with Gasteiger partial charge in [0.05, 0.1) is 6.10 Å². The zero-order valence-electron chi connectivity index (χ0n) is 9.02. The summed E-state index contributed by atoms with van der Waals surface area (Å²) in [5, 5.41) is 9.49. The number of allylic oxidation sites excluding steroid dienone is 2. The average Bonchev–Trinajstić information content (AvgIpc) is 2.75. The molecule has 2 rings (SSSR count). The molecule has 0 aromatic carbocycles. The molecule has 14 heavy (non-hydrogen) atoms. The number of aliphatic hydroxyl groups excluding tert-OH is 1. The van der Waals surface area contributed by atoms with Crippen LogP contribution in [0.4, 0.5) is 0 Å². The van der Waals surface area contributed by atoms with Crippen molar-refractivity contribution in [3.05, 3.63) is 12.2 Å². The third-order valence-electron chi connectivity index (χ3n) is 3.61. The van der Waals surface area contributed by atoms with Crippen molar-refractivity contribution in [2.75, 3.05) is 19.6 Å². The monoisotopic (exact) mass is 195 g/mol. The van der Waals surface area contributed by atoms with E-state index in [1.54, 1.807) is 0 Å². The number of hydrogen-bond donors (Lipinski definition) is 1. The van der Waals surface area contributed by atoms with Crippen molar-refractivity contribution in [2.24, 2.45) is 11.8 Å². The minimum atomic E-state index is -0.123. The Labute approximate surface area is 86.6 Å². The van der Waals surface area contributed by atoms with Crippen LogP contribution in [0.2, 0.25) is 0 Å². The van der Waals surface area contributed by atoms with Gasteiger partial charge in [-0.2, -0.15) is 0 Å². The molecule has 2 aliphatic rings. The van der Waals surface area contributed by atoms with Crippen LogP contribution >= 0.6 is 0 Å². The first kappa shape index (κ1) is 10.2. The highest BCUT2D eigenvalue weighted by atomic mass is 16.3. The first-order chi connectivity index (χ1) is 6.75. The lowest BCUT2D eigenvalue weighted by atomic mass is 10.0. The zero-order chi connectivity index (χ0) is 9.97.